The minimum atomic E-state index is -0.115. The number of hydrogen-bond acceptors (Lipinski definition) is 5. The molecule has 0 aliphatic heterocycles. The number of carbonyl (C=O) groups is 1. The van der Waals surface area contributed by atoms with Crippen LogP contribution in [0.5, 0.6) is 0 Å². The van der Waals surface area contributed by atoms with Crippen molar-refractivity contribution in [3.8, 4) is 6.07 Å². The second kappa shape index (κ2) is 7.35. The number of nitrogens with two attached hydrogens (primary N) is 1. The average molecular weight is 236 g/mol. The van der Waals surface area contributed by atoms with Crippen molar-refractivity contribution in [1.82, 2.24) is 20.3 Å². The summed E-state index contributed by atoms with van der Waals surface area (Å²) in [7, 11) is 0. The molecular weight excluding hydrogens is 220 g/mol. The largest absolute Gasteiger partial charge is 0.354 e. The van der Waals surface area contributed by atoms with E-state index in [4.69, 9.17) is 11.0 Å². The van der Waals surface area contributed by atoms with Crippen LogP contribution in [0.25, 0.3) is 0 Å². The Morgan fingerprint density at radius 2 is 2.41 bits per heavy atom. The zero-order valence-corrected chi connectivity index (χ0v) is 9.59. The number of aromatic nitrogens is 3. The molecule has 0 atom stereocenters. The van der Waals surface area contributed by atoms with Gasteiger partial charge in [0.15, 0.2) is 0 Å². The minimum Gasteiger partial charge on any atom is -0.354 e. The molecule has 0 aliphatic carbocycles. The molecule has 3 N–H and O–H groups in total. The second-order valence-electron chi connectivity index (χ2n) is 3.58. The summed E-state index contributed by atoms with van der Waals surface area (Å²) >= 11 is 0. The number of rotatable bonds is 7. The molecule has 0 unspecified atom stereocenters. The van der Waals surface area contributed by atoms with Gasteiger partial charge in [-0.3, -0.25) is 4.79 Å². The van der Waals surface area contributed by atoms with Crippen molar-refractivity contribution in [1.29, 1.82) is 5.26 Å². The van der Waals surface area contributed by atoms with Gasteiger partial charge >= 0.3 is 0 Å². The maximum absolute atomic E-state index is 11.4. The van der Waals surface area contributed by atoms with Crippen LogP contribution >= 0.6 is 0 Å². The summed E-state index contributed by atoms with van der Waals surface area (Å²) in [5, 5.41) is 18.6. The molecule has 1 aromatic heterocycles. The van der Waals surface area contributed by atoms with E-state index in [1.165, 1.54) is 4.68 Å². The van der Waals surface area contributed by atoms with Crippen molar-refractivity contribution in [3.05, 3.63) is 11.9 Å². The minimum absolute atomic E-state index is 0.115. The van der Waals surface area contributed by atoms with Gasteiger partial charge in [0.1, 0.15) is 6.54 Å². The number of carbonyl (C=O) groups excluding carboxylic acids is 1. The Bertz CT molecular complexity index is 394. The molecule has 92 valence electrons. The Labute approximate surface area is 99.6 Å². The molecule has 7 nitrogen and oxygen atoms in total. The summed E-state index contributed by atoms with van der Waals surface area (Å²) in [5.74, 6) is -0.115. The van der Waals surface area contributed by atoms with Crippen molar-refractivity contribution in [2.24, 2.45) is 5.73 Å². The molecule has 0 aromatic carbocycles. The molecule has 1 amide bonds. The van der Waals surface area contributed by atoms with Gasteiger partial charge in [0.05, 0.1) is 18.0 Å². The van der Waals surface area contributed by atoms with Crippen LogP contribution in [0.2, 0.25) is 0 Å². The number of hydrogen-bond donors (Lipinski definition) is 2. The fraction of sp³-hybridized carbons (Fsp3) is 0.600. The Balaban J connectivity index is 2.18. The van der Waals surface area contributed by atoms with Gasteiger partial charge in [-0.15, -0.1) is 5.10 Å². The lowest BCUT2D eigenvalue weighted by atomic mass is 10.2. The highest BCUT2D eigenvalue weighted by atomic mass is 16.2. The SMILES string of the molecule is N#CCCCCNC(=O)Cn1cc(CN)nn1. The number of nitriles is 1. The van der Waals surface area contributed by atoms with Gasteiger partial charge in [-0.2, -0.15) is 5.26 Å². The molecule has 0 fully saturated rings. The lowest BCUT2D eigenvalue weighted by molar-refractivity contribution is -0.121. The first-order valence-electron chi connectivity index (χ1n) is 5.49. The summed E-state index contributed by atoms with van der Waals surface area (Å²) in [6.07, 6.45) is 3.79. The molecule has 0 saturated heterocycles. The maximum atomic E-state index is 11.4. The van der Waals surface area contributed by atoms with Crippen LogP contribution in [0.3, 0.4) is 0 Å². The van der Waals surface area contributed by atoms with Crippen LogP contribution < -0.4 is 11.1 Å². The number of nitrogens with one attached hydrogen (secondary N) is 1. The molecule has 1 heterocycles. The number of nitrogens with zero attached hydrogens (tertiary/aromatic N) is 4. The van der Waals surface area contributed by atoms with Crippen LogP contribution in [0.1, 0.15) is 25.0 Å². The fourth-order valence-corrected chi connectivity index (χ4v) is 1.27. The van der Waals surface area contributed by atoms with E-state index in [-0.39, 0.29) is 12.5 Å². The first kappa shape index (κ1) is 13.1. The Kier molecular flexibility index (Phi) is 5.68. The van der Waals surface area contributed by atoms with E-state index >= 15 is 0 Å². The van der Waals surface area contributed by atoms with Gasteiger partial charge < -0.3 is 11.1 Å². The van der Waals surface area contributed by atoms with E-state index in [0.717, 1.165) is 12.8 Å². The van der Waals surface area contributed by atoms with E-state index in [9.17, 15) is 4.79 Å². The summed E-state index contributed by atoms with van der Waals surface area (Å²) in [6.45, 7) is 1.04. The monoisotopic (exact) mass is 236 g/mol. The van der Waals surface area contributed by atoms with Crippen molar-refractivity contribution < 1.29 is 4.79 Å². The summed E-state index contributed by atoms with van der Waals surface area (Å²) in [4.78, 5) is 11.4. The Morgan fingerprint density at radius 1 is 1.59 bits per heavy atom. The van der Waals surface area contributed by atoms with Crippen LogP contribution in [-0.2, 0) is 17.9 Å². The van der Waals surface area contributed by atoms with Gasteiger partial charge in [-0.05, 0) is 12.8 Å². The van der Waals surface area contributed by atoms with Crippen LogP contribution in [0.4, 0.5) is 0 Å². The molecule has 1 aromatic rings. The van der Waals surface area contributed by atoms with Gasteiger partial charge in [0, 0.05) is 19.5 Å². The molecule has 0 spiro atoms. The molecule has 1 rings (SSSR count). The van der Waals surface area contributed by atoms with Gasteiger partial charge in [-0.1, -0.05) is 5.21 Å². The lowest BCUT2D eigenvalue weighted by Gasteiger charge is -2.03. The highest BCUT2D eigenvalue weighted by molar-refractivity contribution is 5.75. The van der Waals surface area contributed by atoms with Gasteiger partial charge in [0.25, 0.3) is 0 Å². The first-order valence-corrected chi connectivity index (χ1v) is 5.49. The highest BCUT2D eigenvalue weighted by Gasteiger charge is 2.04. The van der Waals surface area contributed by atoms with Crippen molar-refractivity contribution in [2.75, 3.05) is 6.54 Å². The van der Waals surface area contributed by atoms with Crippen molar-refractivity contribution in [2.45, 2.75) is 32.4 Å². The second-order valence-corrected chi connectivity index (χ2v) is 3.58. The predicted octanol–water partition coefficient (Wildman–Crippen LogP) is -0.453. The van der Waals surface area contributed by atoms with E-state index in [1.54, 1.807) is 6.20 Å². The molecule has 0 bridgehead atoms. The standard InChI is InChI=1S/C10H16N6O/c11-4-2-1-3-5-13-10(17)8-16-7-9(6-12)14-15-16/h7H,1-3,5-6,8,12H2,(H,13,17). The van der Waals surface area contributed by atoms with Crippen molar-refractivity contribution >= 4 is 5.91 Å². The highest BCUT2D eigenvalue weighted by Crippen LogP contribution is 1.93. The third-order valence-electron chi connectivity index (χ3n) is 2.14. The molecular formula is C10H16N6O. The van der Waals surface area contributed by atoms with E-state index in [0.29, 0.717) is 25.2 Å². The molecule has 17 heavy (non-hydrogen) atoms. The zero-order valence-electron chi connectivity index (χ0n) is 9.59. The molecule has 0 aliphatic rings. The molecule has 0 saturated carbocycles. The van der Waals surface area contributed by atoms with E-state index < -0.39 is 0 Å². The van der Waals surface area contributed by atoms with E-state index in [2.05, 4.69) is 21.7 Å². The Morgan fingerprint density at radius 3 is 3.06 bits per heavy atom. The van der Waals surface area contributed by atoms with Gasteiger partial charge in [-0.25, -0.2) is 4.68 Å². The maximum Gasteiger partial charge on any atom is 0.241 e. The topological polar surface area (TPSA) is 110 Å². The fourth-order valence-electron chi connectivity index (χ4n) is 1.27. The van der Waals surface area contributed by atoms with Crippen LogP contribution in [0, 0.1) is 11.3 Å². The normalized spacial score (nSPS) is 9.88. The number of amides is 1. The first-order chi connectivity index (χ1) is 8.26. The quantitative estimate of drug-likeness (QED) is 0.623. The summed E-state index contributed by atoms with van der Waals surface area (Å²) in [6, 6.07) is 2.06. The molecule has 0 radical (unpaired) electrons. The third-order valence-corrected chi connectivity index (χ3v) is 2.14. The van der Waals surface area contributed by atoms with Gasteiger partial charge in [0.2, 0.25) is 5.91 Å². The predicted molar refractivity (Wildman–Crippen MR) is 60.4 cm³/mol. The van der Waals surface area contributed by atoms with E-state index in [1.807, 2.05) is 0 Å². The lowest BCUT2D eigenvalue weighted by Crippen LogP contribution is -2.28. The summed E-state index contributed by atoms with van der Waals surface area (Å²) < 4.78 is 1.45. The third kappa shape index (κ3) is 5.08. The number of unbranched alkanes of at least 4 members (excludes halogenated alkanes) is 2. The Hall–Kier alpha value is -1.94. The average Bonchev–Trinajstić information content (AvgIpc) is 2.76. The van der Waals surface area contributed by atoms with Crippen LogP contribution in [-0.4, -0.2) is 27.4 Å². The smallest absolute Gasteiger partial charge is 0.241 e. The van der Waals surface area contributed by atoms with Crippen LogP contribution in [0.15, 0.2) is 6.20 Å². The van der Waals surface area contributed by atoms with Crippen molar-refractivity contribution in [3.63, 3.8) is 0 Å². The zero-order chi connectivity index (χ0) is 12.5. The molecule has 7 heteroatoms. The summed E-state index contributed by atoms with van der Waals surface area (Å²) in [5.41, 5.74) is 6.04.